The second kappa shape index (κ2) is 9.71. The number of rotatable bonds is 3. The maximum absolute atomic E-state index is 13.2. The molecule has 2 aromatic carbocycles. The largest absolute Gasteiger partial charge is 0.508 e. The Bertz CT molecular complexity index is 1240. The van der Waals surface area contributed by atoms with Gasteiger partial charge in [0.05, 0.1) is 7.11 Å². The Morgan fingerprint density at radius 2 is 1.75 bits per heavy atom. The molecule has 7 nitrogen and oxygen atoms in total. The number of primary sulfonamides is 1. The van der Waals surface area contributed by atoms with Crippen molar-refractivity contribution in [2.75, 3.05) is 13.7 Å². The second-order valence-corrected chi connectivity index (χ2v) is 12.6. The summed E-state index contributed by atoms with van der Waals surface area (Å²) in [6, 6.07) is 12.3. The minimum Gasteiger partial charge on any atom is -0.508 e. The number of carbonyl (C=O) groups excluding carboxylic acids is 1. The van der Waals surface area contributed by atoms with E-state index in [1.807, 2.05) is 6.07 Å². The fourth-order valence-electron chi connectivity index (χ4n) is 6.45. The van der Waals surface area contributed by atoms with Gasteiger partial charge in [0.25, 0.3) is 0 Å². The molecule has 1 aliphatic heterocycles. The van der Waals surface area contributed by atoms with Crippen LogP contribution in [0.1, 0.15) is 64.0 Å². The van der Waals surface area contributed by atoms with E-state index in [-0.39, 0.29) is 33.4 Å². The van der Waals surface area contributed by atoms with Crippen LogP contribution in [0.4, 0.5) is 0 Å². The number of phenols is 1. The number of hydrogen-bond acceptors (Lipinski definition) is 5. The van der Waals surface area contributed by atoms with Gasteiger partial charge < -0.3 is 14.7 Å². The Morgan fingerprint density at radius 3 is 2.36 bits per heavy atom. The number of para-hydroxylation sites is 1. The van der Waals surface area contributed by atoms with Crippen LogP contribution in [0.15, 0.2) is 47.4 Å². The Balaban J connectivity index is 0.000000214. The zero-order valence-corrected chi connectivity index (χ0v) is 22.5. The van der Waals surface area contributed by atoms with E-state index in [9.17, 15) is 18.3 Å². The fraction of sp³-hybridized carbons (Fsp3) is 0.536. The first kappa shape index (κ1) is 26.5. The van der Waals surface area contributed by atoms with Crippen LogP contribution in [0, 0.1) is 11.3 Å². The van der Waals surface area contributed by atoms with Crippen molar-refractivity contribution in [1.82, 2.24) is 4.90 Å². The number of fused-ring (bicyclic) bond motifs is 4. The number of benzene rings is 2. The van der Waals surface area contributed by atoms with E-state index >= 15 is 0 Å². The van der Waals surface area contributed by atoms with Crippen molar-refractivity contribution in [3.05, 3.63) is 53.6 Å². The van der Waals surface area contributed by atoms with Crippen LogP contribution in [0.3, 0.4) is 0 Å². The van der Waals surface area contributed by atoms with Crippen LogP contribution < -0.4 is 9.88 Å². The standard InChI is InChI=1S/C21H29NO2.C7H9NO3S/c1-20(2)18-13-15-16(9-6-10-17(15)23)21(20,3)11-12-22(18)19(24)14-7-4-5-8-14;1-11-6-4-2-3-5-7(6)12(8,9)10/h6,9-10,14,18,23H,4-5,7-8,11-13H2,1-3H3;2-5H,1H3,(H2,8,9,10)/t18-,21+;/m1./s1. The zero-order valence-electron chi connectivity index (χ0n) is 21.7. The van der Waals surface area contributed by atoms with Crippen molar-refractivity contribution in [2.24, 2.45) is 16.5 Å². The van der Waals surface area contributed by atoms with Gasteiger partial charge in [0, 0.05) is 23.9 Å². The molecule has 36 heavy (non-hydrogen) atoms. The fourth-order valence-corrected chi connectivity index (χ4v) is 7.15. The van der Waals surface area contributed by atoms with Gasteiger partial charge >= 0.3 is 0 Å². The van der Waals surface area contributed by atoms with Gasteiger partial charge in [0.2, 0.25) is 15.9 Å². The first-order valence-corrected chi connectivity index (χ1v) is 14.2. The molecule has 0 spiro atoms. The average molecular weight is 515 g/mol. The monoisotopic (exact) mass is 514 g/mol. The Kier molecular flexibility index (Phi) is 7.14. The van der Waals surface area contributed by atoms with Crippen LogP contribution in [-0.4, -0.2) is 44.0 Å². The third kappa shape index (κ3) is 4.50. The molecule has 3 aliphatic rings. The topological polar surface area (TPSA) is 110 Å². The third-order valence-corrected chi connectivity index (χ3v) is 9.94. The molecular formula is C28H38N2O5S. The van der Waals surface area contributed by atoms with E-state index in [1.165, 1.54) is 31.6 Å². The van der Waals surface area contributed by atoms with Crippen molar-refractivity contribution in [1.29, 1.82) is 0 Å². The lowest BCUT2D eigenvalue weighted by Crippen LogP contribution is -2.65. The highest BCUT2D eigenvalue weighted by Gasteiger charge is 2.57. The summed E-state index contributed by atoms with van der Waals surface area (Å²) in [7, 11) is -2.28. The molecule has 2 aromatic rings. The maximum Gasteiger partial charge on any atom is 0.241 e. The van der Waals surface area contributed by atoms with Crippen molar-refractivity contribution in [2.45, 2.75) is 75.6 Å². The van der Waals surface area contributed by atoms with Crippen LogP contribution in [0.25, 0.3) is 0 Å². The van der Waals surface area contributed by atoms with Gasteiger partial charge in [0.1, 0.15) is 16.4 Å². The minimum absolute atomic E-state index is 0.00694. The lowest BCUT2D eigenvalue weighted by molar-refractivity contribution is -0.148. The number of piperidine rings is 1. The van der Waals surface area contributed by atoms with Crippen molar-refractivity contribution >= 4 is 15.9 Å². The van der Waals surface area contributed by atoms with E-state index in [4.69, 9.17) is 9.88 Å². The summed E-state index contributed by atoms with van der Waals surface area (Å²) in [4.78, 5) is 15.3. The SMILES string of the molecule is CC1(C)[C@H]2Cc3c(O)cccc3[C@]1(C)CCN2C(=O)C1CCCC1.COc1ccccc1S(N)(=O)=O. The average Bonchev–Trinajstić information content (AvgIpc) is 3.36. The van der Waals surface area contributed by atoms with E-state index in [0.29, 0.717) is 11.7 Å². The van der Waals surface area contributed by atoms with Crippen LogP contribution in [0.2, 0.25) is 0 Å². The number of aromatic hydroxyl groups is 1. The minimum atomic E-state index is -3.67. The van der Waals surface area contributed by atoms with E-state index < -0.39 is 10.0 Å². The third-order valence-electron chi connectivity index (χ3n) is 8.99. The van der Waals surface area contributed by atoms with Crippen molar-refractivity contribution in [3.63, 3.8) is 0 Å². The van der Waals surface area contributed by atoms with Gasteiger partial charge in [-0.2, -0.15) is 0 Å². The number of ether oxygens (including phenoxy) is 1. The zero-order chi connectivity index (χ0) is 26.3. The molecule has 2 atom stereocenters. The number of carbonyl (C=O) groups is 1. The molecule has 1 heterocycles. The van der Waals surface area contributed by atoms with Gasteiger partial charge in [0.15, 0.2) is 0 Å². The van der Waals surface area contributed by atoms with Gasteiger partial charge in [-0.1, -0.05) is 57.9 Å². The molecule has 2 fully saturated rings. The van der Waals surface area contributed by atoms with Gasteiger partial charge in [-0.25, -0.2) is 13.6 Å². The summed E-state index contributed by atoms with van der Waals surface area (Å²) in [5.41, 5.74) is 2.38. The molecular weight excluding hydrogens is 476 g/mol. The summed E-state index contributed by atoms with van der Waals surface area (Å²) in [5.74, 6) is 1.26. The predicted molar refractivity (Wildman–Crippen MR) is 139 cm³/mol. The molecule has 196 valence electrons. The number of hydrogen-bond donors (Lipinski definition) is 2. The number of nitrogens with zero attached hydrogens (tertiary/aromatic N) is 1. The van der Waals surface area contributed by atoms with Crippen LogP contribution in [0.5, 0.6) is 11.5 Å². The van der Waals surface area contributed by atoms with Crippen LogP contribution >= 0.6 is 0 Å². The summed E-state index contributed by atoms with van der Waals surface area (Å²) < 4.78 is 26.6. The lowest BCUT2D eigenvalue weighted by Gasteiger charge is -2.61. The van der Waals surface area contributed by atoms with E-state index in [1.54, 1.807) is 24.3 Å². The summed E-state index contributed by atoms with van der Waals surface area (Å²) in [6.07, 6.45) is 6.26. The highest BCUT2D eigenvalue weighted by atomic mass is 32.2. The van der Waals surface area contributed by atoms with Gasteiger partial charge in [-0.15, -0.1) is 0 Å². The molecule has 0 radical (unpaired) electrons. The Hall–Kier alpha value is -2.58. The number of phenolic OH excluding ortho intramolecular Hbond substituents is 1. The van der Waals surface area contributed by atoms with Crippen LogP contribution in [-0.2, 0) is 26.7 Å². The molecule has 1 saturated carbocycles. The first-order valence-electron chi connectivity index (χ1n) is 12.7. The molecule has 1 amide bonds. The molecule has 5 rings (SSSR count). The number of methoxy groups -OCH3 is 1. The normalized spacial score (nSPS) is 24.9. The lowest BCUT2D eigenvalue weighted by atomic mass is 9.51. The highest BCUT2D eigenvalue weighted by molar-refractivity contribution is 7.89. The Labute approximate surface area is 214 Å². The maximum atomic E-state index is 13.2. The summed E-state index contributed by atoms with van der Waals surface area (Å²) >= 11 is 0. The number of amides is 1. The van der Waals surface area contributed by atoms with Crippen molar-refractivity contribution < 1.29 is 23.1 Å². The smallest absolute Gasteiger partial charge is 0.241 e. The quantitative estimate of drug-likeness (QED) is 0.632. The van der Waals surface area contributed by atoms with Crippen molar-refractivity contribution in [3.8, 4) is 11.5 Å². The first-order chi connectivity index (χ1) is 16.9. The summed E-state index contributed by atoms with van der Waals surface area (Å²) in [5, 5.41) is 15.4. The number of nitrogens with two attached hydrogens (primary N) is 1. The molecule has 8 heteroatoms. The second-order valence-electron chi connectivity index (χ2n) is 11.0. The molecule has 2 bridgehead atoms. The van der Waals surface area contributed by atoms with Gasteiger partial charge in [-0.05, 0) is 60.4 Å². The number of likely N-dealkylation sites (tertiary alicyclic amines) is 1. The number of sulfonamides is 1. The molecule has 0 aromatic heterocycles. The summed E-state index contributed by atoms with van der Waals surface area (Å²) in [6.45, 7) is 7.82. The molecule has 1 saturated heterocycles. The van der Waals surface area contributed by atoms with E-state index in [2.05, 4.69) is 31.7 Å². The molecule has 2 aliphatic carbocycles. The highest BCUT2D eigenvalue weighted by Crippen LogP contribution is 2.57. The predicted octanol–water partition coefficient (Wildman–Crippen LogP) is 4.37. The molecule has 3 N–H and O–H groups in total. The molecule has 0 unspecified atom stereocenters. The van der Waals surface area contributed by atoms with E-state index in [0.717, 1.165) is 37.8 Å². The van der Waals surface area contributed by atoms with Gasteiger partial charge in [-0.3, -0.25) is 4.79 Å². The Morgan fingerprint density at radius 1 is 1.08 bits per heavy atom.